The molecule has 5 nitrogen and oxygen atoms in total. The van der Waals surface area contributed by atoms with Gasteiger partial charge >= 0.3 is 5.97 Å². The van der Waals surface area contributed by atoms with E-state index >= 15 is 0 Å². The van der Waals surface area contributed by atoms with Gasteiger partial charge in [0, 0.05) is 0 Å². The zero-order valence-electron chi connectivity index (χ0n) is 7.42. The van der Waals surface area contributed by atoms with Crippen molar-refractivity contribution in [3.63, 3.8) is 0 Å². The lowest BCUT2D eigenvalue weighted by atomic mass is 10.1. The zero-order chi connectivity index (χ0) is 10.4. The van der Waals surface area contributed by atoms with E-state index in [0.29, 0.717) is 0 Å². The molecule has 0 heterocycles. The summed E-state index contributed by atoms with van der Waals surface area (Å²) >= 11 is 0. The van der Waals surface area contributed by atoms with Crippen LogP contribution in [0.4, 0.5) is 0 Å². The lowest BCUT2D eigenvalue weighted by Crippen LogP contribution is -2.16. The van der Waals surface area contributed by atoms with Crippen LogP contribution in [0.5, 0.6) is 0 Å². The van der Waals surface area contributed by atoms with Gasteiger partial charge in [-0.2, -0.15) is 5.26 Å². The molecule has 0 aliphatic rings. The Morgan fingerprint density at radius 1 is 1.69 bits per heavy atom. The summed E-state index contributed by atoms with van der Waals surface area (Å²) < 4.78 is 4.54. The second kappa shape index (κ2) is 4.93. The molecule has 0 unspecified atom stereocenters. The molecule has 13 heavy (non-hydrogen) atoms. The van der Waals surface area contributed by atoms with Gasteiger partial charge in [0.15, 0.2) is 0 Å². The number of ether oxygens (including phenoxy) is 1. The Hall–Kier alpha value is -1.83. The van der Waals surface area contributed by atoms with E-state index in [4.69, 9.17) is 15.8 Å². The Kier molecular flexibility index (Phi) is 4.24. The molecular weight excluding hydrogens is 172 g/mol. The summed E-state index contributed by atoms with van der Waals surface area (Å²) in [5.74, 6) is -1.24. The number of carbonyl (C=O) groups is 1. The smallest absolute Gasteiger partial charge is 0.344 e. The van der Waals surface area contributed by atoms with Gasteiger partial charge in [-0.25, -0.2) is 4.79 Å². The number of nitriles is 1. The molecule has 0 atom stereocenters. The molecule has 2 N–H and O–H groups in total. The Morgan fingerprint density at radius 2 is 2.23 bits per heavy atom. The number of nitrogens with one attached hydrogen (secondary N) is 1. The maximum absolute atomic E-state index is 11.1. The third-order valence-corrected chi connectivity index (χ3v) is 1.20. The molecule has 0 radical (unpaired) electrons. The highest BCUT2D eigenvalue weighted by Gasteiger charge is 2.19. The van der Waals surface area contributed by atoms with E-state index in [1.807, 2.05) is 0 Å². The topological polar surface area (TPSA) is 94.2 Å². The third-order valence-electron chi connectivity index (χ3n) is 1.20. The highest BCUT2D eigenvalue weighted by Crippen LogP contribution is 2.05. The summed E-state index contributed by atoms with van der Waals surface area (Å²) in [6, 6.07) is 1.45. The summed E-state index contributed by atoms with van der Waals surface area (Å²) in [6.45, 7) is 2.95. The highest BCUT2D eigenvalue weighted by atomic mass is 16.5. The fraction of sp³-hybridized carbons (Fsp3) is 0.375. The second-order valence-corrected chi connectivity index (χ2v) is 2.17. The largest absolute Gasteiger partial charge is 0.512 e. The first-order valence-electron chi connectivity index (χ1n) is 3.60. The first-order chi connectivity index (χ1) is 6.04. The number of esters is 1. The van der Waals surface area contributed by atoms with E-state index in [1.54, 1.807) is 6.92 Å². The van der Waals surface area contributed by atoms with Crippen molar-refractivity contribution in [2.24, 2.45) is 0 Å². The number of aliphatic hydroxyl groups excluding tert-OH is 1. The van der Waals surface area contributed by atoms with E-state index in [-0.39, 0.29) is 17.9 Å². The van der Waals surface area contributed by atoms with Gasteiger partial charge in [-0.1, -0.05) is 0 Å². The third kappa shape index (κ3) is 2.95. The molecule has 0 aromatic carbocycles. The Morgan fingerprint density at radius 3 is 2.54 bits per heavy atom. The molecule has 0 saturated carbocycles. The fourth-order valence-electron chi connectivity index (χ4n) is 0.690. The Bertz CT molecular complexity index is 295. The minimum Gasteiger partial charge on any atom is -0.512 e. The second-order valence-electron chi connectivity index (χ2n) is 2.17. The number of hydrogen-bond acceptors (Lipinski definition) is 5. The molecular formula is C8H10N2O3. The van der Waals surface area contributed by atoms with Crippen molar-refractivity contribution in [1.29, 1.82) is 10.7 Å². The average molecular weight is 182 g/mol. The van der Waals surface area contributed by atoms with Gasteiger partial charge in [-0.05, 0) is 13.8 Å². The van der Waals surface area contributed by atoms with Crippen LogP contribution in [0.1, 0.15) is 13.8 Å². The van der Waals surface area contributed by atoms with E-state index in [0.717, 1.165) is 0 Å². The van der Waals surface area contributed by atoms with Crippen LogP contribution in [-0.4, -0.2) is 23.4 Å². The van der Waals surface area contributed by atoms with Crippen molar-refractivity contribution in [3.8, 4) is 6.07 Å². The van der Waals surface area contributed by atoms with Crippen LogP contribution in [0.25, 0.3) is 0 Å². The van der Waals surface area contributed by atoms with Crippen molar-refractivity contribution in [2.75, 3.05) is 6.61 Å². The molecule has 0 aromatic heterocycles. The van der Waals surface area contributed by atoms with Gasteiger partial charge in [0.25, 0.3) is 0 Å². The minimum absolute atomic E-state index is 0.133. The molecule has 0 aliphatic heterocycles. The molecule has 0 aliphatic carbocycles. The summed E-state index contributed by atoms with van der Waals surface area (Å²) in [7, 11) is 0. The molecule has 0 amide bonds. The average Bonchev–Trinajstić information content (AvgIpc) is 2.04. The summed E-state index contributed by atoms with van der Waals surface area (Å²) in [5.41, 5.74) is -0.984. The molecule has 0 rings (SSSR count). The van der Waals surface area contributed by atoms with Crippen LogP contribution in [0.3, 0.4) is 0 Å². The minimum atomic E-state index is -0.853. The van der Waals surface area contributed by atoms with Gasteiger partial charge in [-0.3, -0.25) is 5.41 Å². The Balaban J connectivity index is 4.88. The highest BCUT2D eigenvalue weighted by molar-refractivity contribution is 6.25. The Labute approximate surface area is 75.8 Å². The summed E-state index contributed by atoms with van der Waals surface area (Å²) in [6.07, 6.45) is 0. The van der Waals surface area contributed by atoms with Gasteiger partial charge < -0.3 is 9.84 Å². The zero-order valence-corrected chi connectivity index (χ0v) is 7.42. The first-order valence-corrected chi connectivity index (χ1v) is 3.60. The quantitative estimate of drug-likeness (QED) is 0.293. The maximum atomic E-state index is 11.1. The molecule has 0 saturated heterocycles. The standard InChI is InChI=1S/C8H10N2O3/c1-3-13-8(12)7(5(2)11)6(10)4-9/h10-11H,3H2,1-2H3/b7-5+,10-6?. The molecule has 0 spiro atoms. The SMILES string of the molecule is CCOC(=O)/C(C(=N)C#N)=C(\C)O. The lowest BCUT2D eigenvalue weighted by Gasteiger charge is -2.03. The predicted octanol–water partition coefficient (Wildman–Crippen LogP) is 0.925. The predicted molar refractivity (Wildman–Crippen MR) is 45.3 cm³/mol. The number of nitrogens with zero attached hydrogens (tertiary/aromatic N) is 1. The molecule has 70 valence electrons. The van der Waals surface area contributed by atoms with E-state index in [2.05, 4.69) is 4.74 Å². The van der Waals surface area contributed by atoms with Gasteiger partial charge in [0.05, 0.1) is 6.61 Å². The summed E-state index contributed by atoms with van der Waals surface area (Å²) in [4.78, 5) is 11.1. The van der Waals surface area contributed by atoms with Crippen molar-refractivity contribution in [2.45, 2.75) is 13.8 Å². The van der Waals surface area contributed by atoms with Crippen molar-refractivity contribution in [1.82, 2.24) is 0 Å². The summed E-state index contributed by atoms with van der Waals surface area (Å²) in [5, 5.41) is 24.4. The van der Waals surface area contributed by atoms with Crippen LogP contribution >= 0.6 is 0 Å². The number of allylic oxidation sites excluding steroid dienone is 1. The van der Waals surface area contributed by atoms with Gasteiger partial charge in [0.2, 0.25) is 0 Å². The molecule has 0 bridgehead atoms. The lowest BCUT2D eigenvalue weighted by molar-refractivity contribution is -0.138. The van der Waals surface area contributed by atoms with Crippen molar-refractivity contribution >= 4 is 11.7 Å². The molecule has 5 heteroatoms. The van der Waals surface area contributed by atoms with Crippen LogP contribution in [-0.2, 0) is 9.53 Å². The maximum Gasteiger partial charge on any atom is 0.344 e. The van der Waals surface area contributed by atoms with Crippen LogP contribution < -0.4 is 0 Å². The number of rotatable bonds is 3. The van der Waals surface area contributed by atoms with E-state index in [9.17, 15) is 4.79 Å². The molecule has 0 fully saturated rings. The number of hydrogen-bond donors (Lipinski definition) is 2. The van der Waals surface area contributed by atoms with E-state index < -0.39 is 11.7 Å². The van der Waals surface area contributed by atoms with Crippen molar-refractivity contribution < 1.29 is 14.6 Å². The van der Waals surface area contributed by atoms with Gasteiger partial charge in [0.1, 0.15) is 23.1 Å². The van der Waals surface area contributed by atoms with E-state index in [1.165, 1.54) is 13.0 Å². The van der Waals surface area contributed by atoms with Crippen LogP contribution in [0.2, 0.25) is 0 Å². The van der Waals surface area contributed by atoms with Crippen LogP contribution in [0, 0.1) is 16.7 Å². The fourth-order valence-corrected chi connectivity index (χ4v) is 0.690. The van der Waals surface area contributed by atoms with Crippen LogP contribution in [0.15, 0.2) is 11.3 Å². The monoisotopic (exact) mass is 182 g/mol. The van der Waals surface area contributed by atoms with Crippen molar-refractivity contribution in [3.05, 3.63) is 11.3 Å². The number of carbonyl (C=O) groups excluding carboxylic acids is 1. The number of aliphatic hydroxyl groups is 1. The first kappa shape index (κ1) is 11.2. The normalized spacial score (nSPS) is 11.2. The molecule has 0 aromatic rings. The van der Waals surface area contributed by atoms with Gasteiger partial charge in [-0.15, -0.1) is 0 Å².